The van der Waals surface area contributed by atoms with E-state index < -0.39 is 0 Å². The van der Waals surface area contributed by atoms with E-state index in [1.165, 1.54) is 0 Å². The van der Waals surface area contributed by atoms with E-state index in [4.69, 9.17) is 11.2 Å². The number of rotatable bonds is 6. The van der Waals surface area contributed by atoms with Crippen molar-refractivity contribution >= 4 is 5.91 Å². The molecule has 1 aliphatic heterocycles. The van der Waals surface area contributed by atoms with Gasteiger partial charge in [-0.1, -0.05) is 5.92 Å². The van der Waals surface area contributed by atoms with Gasteiger partial charge in [-0.15, -0.1) is 6.42 Å². The highest BCUT2D eigenvalue weighted by molar-refractivity contribution is 5.78. The molecule has 0 radical (unpaired) electrons. The van der Waals surface area contributed by atoms with Gasteiger partial charge in [-0.05, 0) is 13.3 Å². The van der Waals surface area contributed by atoms with Crippen LogP contribution in [0.3, 0.4) is 0 Å². The molecule has 1 saturated heterocycles. The van der Waals surface area contributed by atoms with Crippen LogP contribution >= 0.6 is 0 Å². The van der Waals surface area contributed by atoms with Crippen molar-refractivity contribution in [3.05, 3.63) is 0 Å². The summed E-state index contributed by atoms with van der Waals surface area (Å²) >= 11 is 0. The Morgan fingerprint density at radius 2 is 2.50 bits per heavy atom. The summed E-state index contributed by atoms with van der Waals surface area (Å²) in [5.41, 5.74) is 0. The van der Waals surface area contributed by atoms with Crippen molar-refractivity contribution in [3.8, 4) is 12.3 Å². The monoisotopic (exact) mass is 224 g/mol. The molecule has 0 aliphatic carbocycles. The zero-order chi connectivity index (χ0) is 11.8. The second kappa shape index (κ2) is 7.26. The lowest BCUT2D eigenvalue weighted by Crippen LogP contribution is -2.41. The van der Waals surface area contributed by atoms with Crippen molar-refractivity contribution in [2.24, 2.45) is 5.92 Å². The molecule has 0 aromatic carbocycles. The van der Waals surface area contributed by atoms with Crippen molar-refractivity contribution in [1.29, 1.82) is 0 Å². The number of carbonyl (C=O) groups is 1. The van der Waals surface area contributed by atoms with Crippen molar-refractivity contribution in [3.63, 3.8) is 0 Å². The predicted octanol–water partition coefficient (Wildman–Crippen LogP) is 0.0942. The molecule has 0 saturated carbocycles. The molecule has 1 heterocycles. The van der Waals surface area contributed by atoms with Crippen LogP contribution in [0.15, 0.2) is 0 Å². The summed E-state index contributed by atoms with van der Waals surface area (Å²) in [5, 5.41) is 2.92. The van der Waals surface area contributed by atoms with E-state index in [1.807, 2.05) is 11.8 Å². The number of hydrogen-bond donors (Lipinski definition) is 1. The molecule has 4 nitrogen and oxygen atoms in total. The molecule has 4 heteroatoms. The fourth-order valence-electron chi connectivity index (χ4n) is 1.80. The molecule has 0 bridgehead atoms. The van der Waals surface area contributed by atoms with Crippen LogP contribution < -0.4 is 5.32 Å². The lowest BCUT2D eigenvalue weighted by atomic mass is 10.1. The first-order chi connectivity index (χ1) is 7.77. The third-order valence-electron chi connectivity index (χ3n) is 2.74. The Labute approximate surface area is 97.3 Å². The van der Waals surface area contributed by atoms with Gasteiger partial charge in [0.1, 0.15) is 0 Å². The Bertz CT molecular complexity index is 254. The number of ether oxygens (including phenoxy) is 1. The van der Waals surface area contributed by atoms with Crippen LogP contribution in [0.1, 0.15) is 13.3 Å². The van der Waals surface area contributed by atoms with Gasteiger partial charge in [0, 0.05) is 25.6 Å². The zero-order valence-corrected chi connectivity index (χ0v) is 9.87. The molecule has 0 aromatic rings. The largest absolute Gasteiger partial charge is 0.381 e. The summed E-state index contributed by atoms with van der Waals surface area (Å²) in [5.74, 6) is 3.06. The van der Waals surface area contributed by atoms with E-state index >= 15 is 0 Å². The zero-order valence-electron chi connectivity index (χ0n) is 9.87. The summed E-state index contributed by atoms with van der Waals surface area (Å²) < 4.78 is 5.30. The molecule has 1 N–H and O–H groups in total. The number of likely N-dealkylation sites (N-methyl/N-ethyl adjacent to an activating group) is 1. The second-order valence-electron chi connectivity index (χ2n) is 3.97. The predicted molar refractivity (Wildman–Crippen MR) is 62.9 cm³/mol. The maximum absolute atomic E-state index is 11.8. The Kier molecular flexibility index (Phi) is 5.91. The minimum Gasteiger partial charge on any atom is -0.381 e. The first kappa shape index (κ1) is 13.0. The van der Waals surface area contributed by atoms with E-state index in [-0.39, 0.29) is 5.91 Å². The minimum atomic E-state index is 0.115. The average Bonchev–Trinajstić information content (AvgIpc) is 2.78. The number of hydrogen-bond acceptors (Lipinski definition) is 3. The highest BCUT2D eigenvalue weighted by Gasteiger charge is 2.20. The first-order valence-electron chi connectivity index (χ1n) is 5.77. The molecule has 1 aliphatic rings. The van der Waals surface area contributed by atoms with Crippen LogP contribution in [-0.4, -0.2) is 50.2 Å². The number of terminal acetylenes is 1. The third-order valence-corrected chi connectivity index (χ3v) is 2.74. The normalized spacial score (nSPS) is 19.4. The number of carbonyl (C=O) groups excluding carboxylic acids is 1. The van der Waals surface area contributed by atoms with Crippen LogP contribution in [0, 0.1) is 18.3 Å². The van der Waals surface area contributed by atoms with Crippen LogP contribution in [-0.2, 0) is 9.53 Å². The average molecular weight is 224 g/mol. The molecule has 1 unspecified atom stereocenters. The van der Waals surface area contributed by atoms with E-state index in [9.17, 15) is 4.79 Å². The SMILES string of the molecule is C#CCNCC(=O)N(CC)CC1CCOC1. The van der Waals surface area contributed by atoms with Crippen LogP contribution in [0.5, 0.6) is 0 Å². The maximum atomic E-state index is 11.8. The quantitative estimate of drug-likeness (QED) is 0.514. The molecule has 90 valence electrons. The Balaban J connectivity index is 2.28. The van der Waals surface area contributed by atoms with E-state index in [0.717, 1.165) is 32.7 Å². The van der Waals surface area contributed by atoms with Crippen LogP contribution in [0.4, 0.5) is 0 Å². The highest BCUT2D eigenvalue weighted by atomic mass is 16.5. The van der Waals surface area contributed by atoms with Gasteiger partial charge in [0.25, 0.3) is 0 Å². The summed E-state index contributed by atoms with van der Waals surface area (Å²) in [6, 6.07) is 0. The molecule has 1 fully saturated rings. The van der Waals surface area contributed by atoms with Crippen molar-refractivity contribution < 1.29 is 9.53 Å². The molecule has 1 rings (SSSR count). The maximum Gasteiger partial charge on any atom is 0.236 e. The lowest BCUT2D eigenvalue weighted by molar-refractivity contribution is -0.130. The highest BCUT2D eigenvalue weighted by Crippen LogP contribution is 2.13. The molecule has 1 amide bonds. The summed E-state index contributed by atoms with van der Waals surface area (Å²) in [6.45, 7) is 5.91. The number of amides is 1. The van der Waals surface area contributed by atoms with E-state index in [0.29, 0.717) is 19.0 Å². The molecule has 0 aromatic heterocycles. The standard InChI is InChI=1S/C12H20N2O2/c1-3-6-13-8-12(15)14(4-2)9-11-5-7-16-10-11/h1,11,13H,4-10H2,2H3. The lowest BCUT2D eigenvalue weighted by Gasteiger charge is -2.23. The number of nitrogens with one attached hydrogen (secondary N) is 1. The minimum absolute atomic E-state index is 0.115. The van der Waals surface area contributed by atoms with Gasteiger partial charge in [-0.25, -0.2) is 0 Å². The summed E-state index contributed by atoms with van der Waals surface area (Å²) in [7, 11) is 0. The Morgan fingerprint density at radius 3 is 3.06 bits per heavy atom. The number of nitrogens with zero attached hydrogens (tertiary/aromatic N) is 1. The Morgan fingerprint density at radius 1 is 1.69 bits per heavy atom. The van der Waals surface area contributed by atoms with Crippen LogP contribution in [0.25, 0.3) is 0 Å². The fraction of sp³-hybridized carbons (Fsp3) is 0.750. The topological polar surface area (TPSA) is 41.6 Å². The van der Waals surface area contributed by atoms with Gasteiger partial charge < -0.3 is 9.64 Å². The molecule has 1 atom stereocenters. The van der Waals surface area contributed by atoms with Crippen molar-refractivity contribution in [2.75, 3.05) is 39.4 Å². The van der Waals surface area contributed by atoms with Gasteiger partial charge in [-0.2, -0.15) is 0 Å². The smallest absolute Gasteiger partial charge is 0.236 e. The van der Waals surface area contributed by atoms with E-state index in [1.54, 1.807) is 0 Å². The molecule has 16 heavy (non-hydrogen) atoms. The second-order valence-corrected chi connectivity index (χ2v) is 3.97. The Hall–Kier alpha value is -1.05. The summed E-state index contributed by atoms with van der Waals surface area (Å²) in [6.07, 6.45) is 6.16. The molecular formula is C12H20N2O2. The van der Waals surface area contributed by atoms with Gasteiger partial charge in [0.2, 0.25) is 5.91 Å². The van der Waals surface area contributed by atoms with Crippen molar-refractivity contribution in [1.82, 2.24) is 10.2 Å². The molecule has 0 spiro atoms. The fourth-order valence-corrected chi connectivity index (χ4v) is 1.80. The molecular weight excluding hydrogens is 204 g/mol. The van der Waals surface area contributed by atoms with Gasteiger partial charge >= 0.3 is 0 Å². The first-order valence-corrected chi connectivity index (χ1v) is 5.77. The van der Waals surface area contributed by atoms with Gasteiger partial charge in [0.15, 0.2) is 0 Å². The third kappa shape index (κ3) is 4.21. The van der Waals surface area contributed by atoms with Crippen molar-refractivity contribution in [2.45, 2.75) is 13.3 Å². The van der Waals surface area contributed by atoms with E-state index in [2.05, 4.69) is 11.2 Å². The van der Waals surface area contributed by atoms with Gasteiger partial charge in [-0.3, -0.25) is 10.1 Å². The van der Waals surface area contributed by atoms with Crippen LogP contribution in [0.2, 0.25) is 0 Å². The van der Waals surface area contributed by atoms with Gasteiger partial charge in [0.05, 0.1) is 19.7 Å². The summed E-state index contributed by atoms with van der Waals surface area (Å²) in [4.78, 5) is 13.7.